The molecule has 0 aromatic heterocycles. The summed E-state index contributed by atoms with van der Waals surface area (Å²) in [6.07, 6.45) is 10.2. The quantitative estimate of drug-likeness (QED) is 0.344. The van der Waals surface area contributed by atoms with Gasteiger partial charge in [-0.15, -0.1) is 18.5 Å². The van der Waals surface area contributed by atoms with Crippen LogP contribution in [0.1, 0.15) is 13.3 Å². The van der Waals surface area contributed by atoms with Crippen LogP contribution in [0, 0.1) is 0 Å². The Balaban J connectivity index is 0. The summed E-state index contributed by atoms with van der Waals surface area (Å²) in [5.74, 6) is 0. The lowest BCUT2D eigenvalue weighted by Gasteiger charge is -1.99. The van der Waals surface area contributed by atoms with Crippen molar-refractivity contribution in [3.63, 3.8) is 0 Å². The first kappa shape index (κ1) is 22.8. The van der Waals surface area contributed by atoms with Gasteiger partial charge in [-0.1, -0.05) is 83.4 Å². The molecule has 22 heavy (non-hydrogen) atoms. The molecule has 0 fully saturated rings. The van der Waals surface area contributed by atoms with Gasteiger partial charge in [0.2, 0.25) is 0 Å². The average molecular weight is 330 g/mol. The van der Waals surface area contributed by atoms with Crippen molar-refractivity contribution >= 4 is 18.5 Å². The zero-order valence-corrected chi connectivity index (χ0v) is 16.0. The van der Waals surface area contributed by atoms with Crippen molar-refractivity contribution in [2.24, 2.45) is 0 Å². The highest BCUT2D eigenvalue weighted by molar-refractivity contribution is 7.23. The van der Waals surface area contributed by atoms with Crippen LogP contribution >= 0.6 is 18.5 Å². The average Bonchev–Trinajstić information content (AvgIpc) is 2.48. The lowest BCUT2D eigenvalue weighted by Crippen LogP contribution is -1.79. The van der Waals surface area contributed by atoms with Gasteiger partial charge in [0.15, 0.2) is 0 Å². The minimum absolute atomic E-state index is 0.840. The van der Waals surface area contributed by atoms with Crippen LogP contribution in [0.4, 0.5) is 0 Å². The van der Waals surface area contributed by atoms with Gasteiger partial charge in [-0.25, -0.2) is 0 Å². The SMILES string of the molecule is C=C(P)/C=C\C(=C)C(=C)CC.C=CC(=C)C(=C)/C=C\C(=C)P. The van der Waals surface area contributed by atoms with Crippen molar-refractivity contribution in [2.45, 2.75) is 13.3 Å². The van der Waals surface area contributed by atoms with E-state index in [1.54, 1.807) is 6.08 Å². The maximum absolute atomic E-state index is 3.86. The second-order valence-corrected chi connectivity index (χ2v) is 6.04. The fourth-order valence-corrected chi connectivity index (χ4v) is 1.19. The molecule has 0 radical (unpaired) electrons. The van der Waals surface area contributed by atoms with E-state index >= 15 is 0 Å². The van der Waals surface area contributed by atoms with Crippen molar-refractivity contribution < 1.29 is 0 Å². The van der Waals surface area contributed by atoms with E-state index in [-0.39, 0.29) is 0 Å². The van der Waals surface area contributed by atoms with Gasteiger partial charge in [-0.3, -0.25) is 0 Å². The van der Waals surface area contributed by atoms with Crippen LogP contribution in [0.5, 0.6) is 0 Å². The van der Waals surface area contributed by atoms with Gasteiger partial charge >= 0.3 is 0 Å². The summed E-state index contributed by atoms with van der Waals surface area (Å²) >= 11 is 0. The summed E-state index contributed by atoms with van der Waals surface area (Å²) < 4.78 is 0. The second kappa shape index (κ2) is 13.2. The molecule has 118 valence electrons. The fraction of sp³-hybridized carbons (Fsp3) is 0.100. The number of hydrogen-bond donors (Lipinski definition) is 0. The van der Waals surface area contributed by atoms with Crippen LogP contribution in [0.15, 0.2) is 109 Å². The van der Waals surface area contributed by atoms with E-state index in [2.05, 4.69) is 71.5 Å². The summed E-state index contributed by atoms with van der Waals surface area (Å²) in [6, 6.07) is 0. The molecule has 0 heterocycles. The maximum atomic E-state index is 3.86. The van der Waals surface area contributed by atoms with Gasteiger partial charge in [-0.05, 0) is 39.3 Å². The topological polar surface area (TPSA) is 0 Å². The highest BCUT2D eigenvalue weighted by Crippen LogP contribution is 2.13. The smallest absolute Gasteiger partial charge is 0.0262 e. The lowest BCUT2D eigenvalue weighted by molar-refractivity contribution is 1.14. The Morgan fingerprint density at radius 1 is 0.727 bits per heavy atom. The molecular weight excluding hydrogens is 302 g/mol. The van der Waals surface area contributed by atoms with Crippen LogP contribution in [0.3, 0.4) is 0 Å². The van der Waals surface area contributed by atoms with Crippen molar-refractivity contribution in [1.29, 1.82) is 0 Å². The van der Waals surface area contributed by atoms with Gasteiger partial charge in [0.05, 0.1) is 0 Å². The zero-order valence-electron chi connectivity index (χ0n) is 13.7. The van der Waals surface area contributed by atoms with Crippen LogP contribution in [0.2, 0.25) is 0 Å². The van der Waals surface area contributed by atoms with E-state index in [4.69, 9.17) is 0 Å². The Hall–Kier alpha value is -1.48. The molecule has 2 unspecified atom stereocenters. The minimum Gasteiger partial charge on any atom is -0.106 e. The van der Waals surface area contributed by atoms with Gasteiger partial charge in [0, 0.05) is 0 Å². The van der Waals surface area contributed by atoms with Crippen molar-refractivity contribution in [3.05, 3.63) is 109 Å². The molecule has 0 aromatic carbocycles. The van der Waals surface area contributed by atoms with Gasteiger partial charge in [-0.2, -0.15) is 0 Å². The Labute approximate surface area is 141 Å². The van der Waals surface area contributed by atoms with Crippen LogP contribution in [0.25, 0.3) is 0 Å². The lowest BCUT2D eigenvalue weighted by atomic mass is 10.1. The third kappa shape index (κ3) is 13.5. The standard InChI is InChI=1S/C10H15P.C10H13P/c2*1-5-8(2)9(3)6-7-10(4)11/h6-7H,2-5,11H2,1H3;5-7H,1-4,11H2/b2*7-6-. The molecule has 0 amide bonds. The molecule has 0 aliphatic rings. The van der Waals surface area contributed by atoms with Gasteiger partial charge in [0.1, 0.15) is 0 Å². The summed E-state index contributed by atoms with van der Waals surface area (Å²) in [4.78, 5) is 0. The third-order valence-corrected chi connectivity index (χ3v) is 2.92. The first-order valence-corrected chi connectivity index (χ1v) is 7.93. The highest BCUT2D eigenvalue weighted by Gasteiger charge is 1.91. The fourth-order valence-electron chi connectivity index (χ4n) is 0.998. The molecule has 0 nitrogen and oxygen atoms in total. The van der Waals surface area contributed by atoms with Gasteiger partial charge < -0.3 is 0 Å². The molecular formula is C20H28P2. The molecule has 0 aliphatic carbocycles. The van der Waals surface area contributed by atoms with E-state index in [0.717, 1.165) is 39.3 Å². The molecule has 2 atom stereocenters. The largest absolute Gasteiger partial charge is 0.106 e. The van der Waals surface area contributed by atoms with E-state index in [1.165, 1.54) is 0 Å². The molecule has 0 aromatic rings. The van der Waals surface area contributed by atoms with Gasteiger partial charge in [0.25, 0.3) is 0 Å². The van der Waals surface area contributed by atoms with Crippen molar-refractivity contribution in [1.82, 2.24) is 0 Å². The van der Waals surface area contributed by atoms with Crippen LogP contribution in [-0.2, 0) is 0 Å². The summed E-state index contributed by atoms with van der Waals surface area (Å²) in [5, 5.41) is 1.87. The van der Waals surface area contributed by atoms with E-state index < -0.39 is 0 Å². The highest BCUT2D eigenvalue weighted by atomic mass is 31.0. The predicted molar refractivity (Wildman–Crippen MR) is 113 cm³/mol. The van der Waals surface area contributed by atoms with Crippen LogP contribution < -0.4 is 0 Å². The minimum atomic E-state index is 0.840. The van der Waals surface area contributed by atoms with Crippen molar-refractivity contribution in [3.8, 4) is 0 Å². The Bertz CT molecular complexity index is 540. The molecule has 0 saturated carbocycles. The molecule has 0 rings (SSSR count). The number of rotatable bonds is 8. The van der Waals surface area contributed by atoms with E-state index in [0.29, 0.717) is 0 Å². The first-order valence-electron chi connectivity index (χ1n) is 6.78. The first-order chi connectivity index (χ1) is 10.1. The molecule has 0 spiro atoms. The zero-order chi connectivity index (χ0) is 17.7. The predicted octanol–water partition coefficient (Wildman–Crippen LogP) is 6.68. The Kier molecular flexibility index (Phi) is 13.7. The number of hydrogen-bond acceptors (Lipinski definition) is 0. The molecule has 0 N–H and O–H groups in total. The van der Waals surface area contributed by atoms with E-state index in [1.807, 2.05) is 24.3 Å². The molecule has 0 saturated heterocycles. The normalized spacial score (nSPS) is 9.77. The monoisotopic (exact) mass is 330 g/mol. The summed E-state index contributed by atoms with van der Waals surface area (Å²) in [7, 11) is 5.01. The molecule has 0 aliphatic heterocycles. The Morgan fingerprint density at radius 3 is 1.45 bits per heavy atom. The van der Waals surface area contributed by atoms with E-state index in [9.17, 15) is 0 Å². The maximum Gasteiger partial charge on any atom is -0.0262 e. The second-order valence-electron chi connectivity index (χ2n) is 4.55. The summed E-state index contributed by atoms with van der Waals surface area (Å²) in [5.41, 5.74) is 3.76. The molecule has 2 heteroatoms. The van der Waals surface area contributed by atoms with Crippen molar-refractivity contribution in [2.75, 3.05) is 0 Å². The summed E-state index contributed by atoms with van der Waals surface area (Å²) in [6.45, 7) is 28.3. The third-order valence-electron chi connectivity index (χ3n) is 2.54. The molecule has 0 bridgehead atoms. The van der Waals surface area contributed by atoms with Crippen LogP contribution in [-0.4, -0.2) is 0 Å². The number of allylic oxidation sites excluding steroid dienone is 11. The Morgan fingerprint density at radius 2 is 1.14 bits per heavy atom.